The molecule has 0 aliphatic carbocycles. The number of carboxylic acid groups (broad SMARTS) is 1. The number of methoxy groups -OCH3 is 1. The summed E-state index contributed by atoms with van der Waals surface area (Å²) >= 11 is 0. The Morgan fingerprint density at radius 3 is 2.58 bits per heavy atom. The first-order valence-electron chi connectivity index (χ1n) is 7.30. The predicted octanol–water partition coefficient (Wildman–Crippen LogP) is 2.22. The number of nitrogens with one attached hydrogen (secondary N) is 1. The van der Waals surface area contributed by atoms with Crippen molar-refractivity contribution in [1.82, 2.24) is 4.72 Å². The van der Waals surface area contributed by atoms with Crippen molar-refractivity contribution >= 4 is 16.0 Å². The summed E-state index contributed by atoms with van der Waals surface area (Å²) in [7, 11) is -2.23. The van der Waals surface area contributed by atoms with Crippen molar-refractivity contribution in [3.05, 3.63) is 59.2 Å². The number of rotatable bonds is 7. The van der Waals surface area contributed by atoms with E-state index in [2.05, 4.69) is 4.72 Å². The highest BCUT2D eigenvalue weighted by molar-refractivity contribution is 7.89. The minimum Gasteiger partial charge on any atom is -0.497 e. The Balaban J connectivity index is 2.13. The van der Waals surface area contributed by atoms with Gasteiger partial charge in [0.1, 0.15) is 5.75 Å². The summed E-state index contributed by atoms with van der Waals surface area (Å²) in [5, 5.41) is 9.14. The van der Waals surface area contributed by atoms with Crippen LogP contribution in [0.1, 0.15) is 21.5 Å². The number of sulfonamides is 1. The zero-order valence-corrected chi connectivity index (χ0v) is 14.3. The van der Waals surface area contributed by atoms with E-state index in [9.17, 15) is 13.2 Å². The van der Waals surface area contributed by atoms with E-state index in [1.165, 1.54) is 19.2 Å². The number of benzene rings is 2. The minimum atomic E-state index is -3.70. The number of carboxylic acids is 1. The van der Waals surface area contributed by atoms with E-state index in [1.54, 1.807) is 37.3 Å². The van der Waals surface area contributed by atoms with Crippen molar-refractivity contribution in [2.75, 3.05) is 13.7 Å². The summed E-state index contributed by atoms with van der Waals surface area (Å²) in [6.07, 6.45) is 0.282. The average molecular weight is 349 g/mol. The molecule has 0 amide bonds. The molecule has 0 unspecified atom stereocenters. The van der Waals surface area contributed by atoms with Crippen LogP contribution in [0.15, 0.2) is 47.4 Å². The highest BCUT2D eigenvalue weighted by Gasteiger charge is 2.18. The summed E-state index contributed by atoms with van der Waals surface area (Å²) in [5.41, 5.74) is 1.36. The van der Waals surface area contributed by atoms with E-state index in [0.29, 0.717) is 16.9 Å². The molecule has 0 aromatic heterocycles. The molecule has 2 aromatic rings. The lowest BCUT2D eigenvalue weighted by Gasteiger charge is -2.11. The minimum absolute atomic E-state index is 0.100. The molecule has 6 nitrogen and oxygen atoms in total. The van der Waals surface area contributed by atoms with Crippen LogP contribution in [0.5, 0.6) is 5.75 Å². The molecule has 0 saturated heterocycles. The highest BCUT2D eigenvalue weighted by Crippen LogP contribution is 2.21. The van der Waals surface area contributed by atoms with Crippen LogP contribution in [0.25, 0.3) is 0 Å². The number of aromatic carboxylic acids is 1. The maximum absolute atomic E-state index is 12.4. The first-order chi connectivity index (χ1) is 11.3. The second kappa shape index (κ2) is 7.46. The van der Waals surface area contributed by atoms with Gasteiger partial charge in [-0.1, -0.05) is 24.3 Å². The summed E-state index contributed by atoms with van der Waals surface area (Å²) in [6.45, 7) is 1.80. The van der Waals surface area contributed by atoms with Crippen molar-refractivity contribution in [3.8, 4) is 5.75 Å². The van der Waals surface area contributed by atoms with Crippen molar-refractivity contribution in [3.63, 3.8) is 0 Å². The van der Waals surface area contributed by atoms with E-state index < -0.39 is 16.0 Å². The molecule has 0 atom stereocenters. The third-order valence-electron chi connectivity index (χ3n) is 3.62. The zero-order chi connectivity index (χ0) is 17.7. The van der Waals surface area contributed by atoms with Gasteiger partial charge in [0, 0.05) is 12.6 Å². The molecule has 7 heteroatoms. The number of hydrogen-bond acceptors (Lipinski definition) is 4. The van der Waals surface area contributed by atoms with Gasteiger partial charge in [0.25, 0.3) is 0 Å². The van der Waals surface area contributed by atoms with Crippen LogP contribution in [0.2, 0.25) is 0 Å². The Hall–Kier alpha value is -2.38. The first kappa shape index (κ1) is 18.0. The smallest absolute Gasteiger partial charge is 0.335 e. The summed E-state index contributed by atoms with van der Waals surface area (Å²) in [5.74, 6) is -0.575. The molecule has 2 rings (SSSR count). The van der Waals surface area contributed by atoms with Crippen molar-refractivity contribution in [2.24, 2.45) is 0 Å². The molecule has 2 aromatic carbocycles. The molecular formula is C17H19NO5S. The van der Waals surface area contributed by atoms with Gasteiger partial charge in [-0.2, -0.15) is 0 Å². The molecule has 2 N–H and O–H groups in total. The molecule has 0 spiro atoms. The Bertz CT molecular complexity index is 846. The van der Waals surface area contributed by atoms with Gasteiger partial charge in [-0.05, 0) is 36.6 Å². The summed E-state index contributed by atoms with van der Waals surface area (Å²) < 4.78 is 32.5. The molecule has 0 aliphatic rings. The van der Waals surface area contributed by atoms with Crippen LogP contribution in [0.4, 0.5) is 0 Å². The number of ether oxygens (including phenoxy) is 1. The predicted molar refractivity (Wildman–Crippen MR) is 90.0 cm³/mol. The van der Waals surface area contributed by atoms with Crippen LogP contribution in [-0.2, 0) is 16.4 Å². The maximum Gasteiger partial charge on any atom is 0.335 e. The van der Waals surface area contributed by atoms with Gasteiger partial charge >= 0.3 is 5.97 Å². The maximum atomic E-state index is 12.4. The second-order valence-corrected chi connectivity index (χ2v) is 6.98. The second-order valence-electron chi connectivity index (χ2n) is 5.24. The highest BCUT2D eigenvalue weighted by atomic mass is 32.2. The number of carbonyl (C=O) groups is 1. The fraction of sp³-hybridized carbons (Fsp3) is 0.235. The number of hydrogen-bond donors (Lipinski definition) is 2. The van der Waals surface area contributed by atoms with Crippen LogP contribution in [-0.4, -0.2) is 33.1 Å². The molecule has 0 radical (unpaired) electrons. The third-order valence-corrected chi connectivity index (χ3v) is 5.22. The topological polar surface area (TPSA) is 92.7 Å². The van der Waals surface area contributed by atoms with Gasteiger partial charge in [-0.15, -0.1) is 0 Å². The largest absolute Gasteiger partial charge is 0.497 e. The molecular weight excluding hydrogens is 330 g/mol. The molecule has 0 aliphatic heterocycles. The molecule has 128 valence electrons. The van der Waals surface area contributed by atoms with Crippen LogP contribution in [0.3, 0.4) is 0 Å². The summed E-state index contributed by atoms with van der Waals surface area (Å²) in [6, 6.07) is 11.4. The third kappa shape index (κ3) is 4.12. The standard InChI is InChI=1S/C17H19NO5S/c1-12-7-8-14(23-2)11-16(12)24(21,22)18-10-9-13-5-3-4-6-15(13)17(19)20/h3-8,11,18H,9-10H2,1-2H3,(H,19,20). The van der Waals surface area contributed by atoms with Crippen LogP contribution < -0.4 is 9.46 Å². The molecule has 0 bridgehead atoms. The van der Waals surface area contributed by atoms with Gasteiger partial charge in [-0.3, -0.25) is 0 Å². The van der Waals surface area contributed by atoms with E-state index in [4.69, 9.17) is 9.84 Å². The summed E-state index contributed by atoms with van der Waals surface area (Å²) in [4.78, 5) is 11.3. The Labute approximate surface area is 141 Å². The Morgan fingerprint density at radius 1 is 1.21 bits per heavy atom. The van der Waals surface area contributed by atoms with Crippen molar-refractivity contribution in [1.29, 1.82) is 0 Å². The lowest BCUT2D eigenvalue weighted by Crippen LogP contribution is -2.27. The molecule has 0 heterocycles. The number of aryl methyl sites for hydroxylation is 1. The zero-order valence-electron chi connectivity index (χ0n) is 13.4. The average Bonchev–Trinajstić information content (AvgIpc) is 2.55. The first-order valence-corrected chi connectivity index (χ1v) is 8.79. The van der Waals surface area contributed by atoms with Gasteiger partial charge in [0.15, 0.2) is 0 Å². The monoisotopic (exact) mass is 349 g/mol. The van der Waals surface area contributed by atoms with Gasteiger partial charge in [0.2, 0.25) is 10.0 Å². The van der Waals surface area contributed by atoms with Crippen molar-refractivity contribution in [2.45, 2.75) is 18.2 Å². The molecule has 0 saturated carbocycles. The molecule has 24 heavy (non-hydrogen) atoms. The van der Waals surface area contributed by atoms with Crippen molar-refractivity contribution < 1.29 is 23.1 Å². The van der Waals surface area contributed by atoms with Gasteiger partial charge < -0.3 is 9.84 Å². The lowest BCUT2D eigenvalue weighted by atomic mass is 10.1. The van der Waals surface area contributed by atoms with E-state index >= 15 is 0 Å². The quantitative estimate of drug-likeness (QED) is 0.799. The van der Waals surface area contributed by atoms with Crippen LogP contribution in [0, 0.1) is 6.92 Å². The van der Waals surface area contributed by atoms with Gasteiger partial charge in [-0.25, -0.2) is 17.9 Å². The van der Waals surface area contributed by atoms with Crippen LogP contribution >= 0.6 is 0 Å². The fourth-order valence-electron chi connectivity index (χ4n) is 2.34. The Morgan fingerprint density at radius 2 is 1.92 bits per heavy atom. The van der Waals surface area contributed by atoms with E-state index in [-0.39, 0.29) is 23.4 Å². The van der Waals surface area contributed by atoms with Gasteiger partial charge in [0.05, 0.1) is 17.6 Å². The van der Waals surface area contributed by atoms with E-state index in [0.717, 1.165) is 0 Å². The Kier molecular flexibility index (Phi) is 5.58. The lowest BCUT2D eigenvalue weighted by molar-refractivity contribution is 0.0695. The van der Waals surface area contributed by atoms with E-state index in [1.807, 2.05) is 0 Å². The fourth-order valence-corrected chi connectivity index (χ4v) is 3.63. The SMILES string of the molecule is COc1ccc(C)c(S(=O)(=O)NCCc2ccccc2C(=O)O)c1. The normalized spacial score (nSPS) is 11.2. The molecule has 0 fully saturated rings.